The molecule has 3 aromatic rings. The number of aromatic amines is 1. The van der Waals surface area contributed by atoms with Crippen molar-refractivity contribution < 1.29 is 19.1 Å². The molecule has 1 unspecified atom stereocenters. The minimum atomic E-state index is -1.82. The second kappa shape index (κ2) is 15.0. The van der Waals surface area contributed by atoms with Gasteiger partial charge in [0.15, 0.2) is 8.32 Å². The van der Waals surface area contributed by atoms with Gasteiger partial charge in [-0.2, -0.15) is 0 Å². The van der Waals surface area contributed by atoms with Crippen molar-refractivity contribution in [1.29, 1.82) is 0 Å². The van der Waals surface area contributed by atoms with Crippen LogP contribution in [0.1, 0.15) is 50.8 Å². The van der Waals surface area contributed by atoms with E-state index in [0.717, 1.165) is 38.2 Å². The normalized spacial score (nSPS) is 13.0. The number of nitrogens with one attached hydrogen (secondary N) is 2. The molecular formula is C32H47N3O4SSi. The molecule has 0 radical (unpaired) electrons. The zero-order valence-electron chi connectivity index (χ0n) is 25.5. The molecule has 1 heterocycles. The summed E-state index contributed by atoms with van der Waals surface area (Å²) in [5.41, 5.74) is 4.77. The monoisotopic (exact) mass is 597 g/mol. The van der Waals surface area contributed by atoms with Gasteiger partial charge >= 0.3 is 5.97 Å². The number of amides is 1. The highest BCUT2D eigenvalue weighted by molar-refractivity contribution is 8.00. The molecule has 3 rings (SSSR count). The Bertz CT molecular complexity index is 1270. The maximum Gasteiger partial charge on any atom is 0.304 e. The van der Waals surface area contributed by atoms with Gasteiger partial charge in [0.2, 0.25) is 5.91 Å². The summed E-state index contributed by atoms with van der Waals surface area (Å²) in [6, 6.07) is 16.9. The van der Waals surface area contributed by atoms with E-state index in [1.807, 2.05) is 6.92 Å². The van der Waals surface area contributed by atoms with Gasteiger partial charge in [0, 0.05) is 55.1 Å². The molecule has 0 aliphatic heterocycles. The third-order valence-corrected chi connectivity index (χ3v) is 13.6. The lowest BCUT2D eigenvalue weighted by molar-refractivity contribution is -0.136. The largest absolute Gasteiger partial charge is 0.481 e. The minimum absolute atomic E-state index is 0.0562. The highest BCUT2D eigenvalue weighted by Crippen LogP contribution is 2.36. The fourth-order valence-corrected chi connectivity index (χ4v) is 6.16. The summed E-state index contributed by atoms with van der Waals surface area (Å²) in [4.78, 5) is 28.9. The average Bonchev–Trinajstić information content (AvgIpc) is 3.32. The molecule has 0 fully saturated rings. The van der Waals surface area contributed by atoms with Crippen LogP contribution in [0.2, 0.25) is 18.1 Å². The topological polar surface area (TPSA) is 94.7 Å². The quantitative estimate of drug-likeness (QED) is 0.164. The van der Waals surface area contributed by atoms with Crippen LogP contribution in [0.5, 0.6) is 0 Å². The summed E-state index contributed by atoms with van der Waals surface area (Å²) in [6.45, 7) is 17.1. The van der Waals surface area contributed by atoms with E-state index in [4.69, 9.17) is 9.53 Å². The van der Waals surface area contributed by atoms with Crippen molar-refractivity contribution >= 4 is 42.9 Å². The van der Waals surface area contributed by atoms with Crippen LogP contribution in [0.15, 0.2) is 54.7 Å². The first kappa shape index (κ1) is 32.9. The molecular weight excluding hydrogens is 551 g/mol. The highest BCUT2D eigenvalue weighted by atomic mass is 32.2. The lowest BCUT2D eigenvalue weighted by Crippen LogP contribution is -2.43. The van der Waals surface area contributed by atoms with Crippen molar-refractivity contribution in [2.24, 2.45) is 0 Å². The smallest absolute Gasteiger partial charge is 0.304 e. The molecule has 1 atom stereocenters. The first-order valence-electron chi connectivity index (χ1n) is 14.4. The number of carboxylic acid groups (broad SMARTS) is 1. The molecule has 9 heteroatoms. The van der Waals surface area contributed by atoms with Crippen LogP contribution in [-0.2, 0) is 33.5 Å². The van der Waals surface area contributed by atoms with E-state index in [0.29, 0.717) is 6.54 Å². The number of aromatic nitrogens is 1. The molecule has 7 nitrogen and oxygen atoms in total. The Morgan fingerprint density at radius 1 is 1.07 bits per heavy atom. The fraction of sp³-hybridized carbons (Fsp3) is 0.500. The van der Waals surface area contributed by atoms with Gasteiger partial charge in [0.05, 0.1) is 12.2 Å². The van der Waals surface area contributed by atoms with E-state index in [1.54, 1.807) is 0 Å². The van der Waals surface area contributed by atoms with Gasteiger partial charge in [-0.15, -0.1) is 11.8 Å². The molecule has 224 valence electrons. The van der Waals surface area contributed by atoms with E-state index in [1.165, 1.54) is 33.8 Å². The molecule has 0 aliphatic carbocycles. The third-order valence-electron chi connectivity index (χ3n) is 7.93. The van der Waals surface area contributed by atoms with E-state index >= 15 is 0 Å². The van der Waals surface area contributed by atoms with Crippen LogP contribution in [0, 0.1) is 0 Å². The summed E-state index contributed by atoms with van der Waals surface area (Å²) in [5, 5.41) is 13.2. The van der Waals surface area contributed by atoms with Crippen LogP contribution >= 0.6 is 11.8 Å². The molecule has 0 spiro atoms. The van der Waals surface area contributed by atoms with Crippen molar-refractivity contribution in [2.75, 3.05) is 25.4 Å². The molecule has 3 N–H and O–H groups in total. The number of aliphatic carboxylic acids is 1. The first-order chi connectivity index (χ1) is 19.3. The Morgan fingerprint density at radius 2 is 1.76 bits per heavy atom. The minimum Gasteiger partial charge on any atom is -0.481 e. The van der Waals surface area contributed by atoms with Crippen LogP contribution in [-0.4, -0.2) is 65.9 Å². The number of fused-ring (bicyclic) bond motifs is 1. The van der Waals surface area contributed by atoms with Crippen molar-refractivity contribution in [3.8, 4) is 0 Å². The predicted molar refractivity (Wildman–Crippen MR) is 173 cm³/mol. The summed E-state index contributed by atoms with van der Waals surface area (Å²) < 4.78 is 6.52. The molecule has 41 heavy (non-hydrogen) atoms. The van der Waals surface area contributed by atoms with Gasteiger partial charge in [0.25, 0.3) is 0 Å². The standard InChI is InChI=1S/C32H47N3O4SSi/c1-24(19-31(37)38)40-23-30(36)34-20-25-11-13-26(14-12-25)22-35(17-18-39-41(5,6)32(2,3)4)16-15-27-21-33-29-10-8-7-9-28(27)29/h7-14,21,24,33H,15-20,22-23H2,1-6H3,(H,34,36)(H,37,38). The number of carbonyl (C=O) groups is 2. The number of carboxylic acids is 1. The van der Waals surface area contributed by atoms with Gasteiger partial charge in [-0.1, -0.05) is 70.2 Å². The van der Waals surface area contributed by atoms with Crippen molar-refractivity contribution in [2.45, 2.75) is 77.0 Å². The van der Waals surface area contributed by atoms with E-state index < -0.39 is 14.3 Å². The number of benzene rings is 2. The summed E-state index contributed by atoms with van der Waals surface area (Å²) in [7, 11) is -1.82. The lowest BCUT2D eigenvalue weighted by atomic mass is 10.1. The number of hydrogen-bond donors (Lipinski definition) is 3. The third kappa shape index (κ3) is 10.6. The zero-order chi connectivity index (χ0) is 30.0. The maximum atomic E-state index is 12.2. The average molecular weight is 598 g/mol. The number of H-pyrrole nitrogens is 1. The van der Waals surface area contributed by atoms with E-state index in [2.05, 4.69) is 104 Å². The van der Waals surface area contributed by atoms with Crippen LogP contribution in [0.3, 0.4) is 0 Å². The summed E-state index contributed by atoms with van der Waals surface area (Å²) in [5.74, 6) is -0.666. The second-order valence-corrected chi connectivity index (χ2v) is 18.5. The molecule has 0 saturated carbocycles. The van der Waals surface area contributed by atoms with Gasteiger partial charge in [-0.05, 0) is 47.3 Å². The van der Waals surface area contributed by atoms with Crippen LogP contribution < -0.4 is 5.32 Å². The number of carbonyl (C=O) groups excluding carboxylic acids is 1. The fourth-order valence-electron chi connectivity index (χ4n) is 4.33. The summed E-state index contributed by atoms with van der Waals surface area (Å²) in [6.07, 6.45) is 3.14. The van der Waals surface area contributed by atoms with Gasteiger partial charge in [-0.25, -0.2) is 0 Å². The first-order valence-corrected chi connectivity index (χ1v) is 18.4. The maximum absolute atomic E-state index is 12.2. The van der Waals surface area contributed by atoms with Crippen LogP contribution in [0.25, 0.3) is 10.9 Å². The van der Waals surface area contributed by atoms with E-state index in [-0.39, 0.29) is 28.4 Å². The second-order valence-electron chi connectivity index (χ2n) is 12.3. The number of rotatable bonds is 16. The number of para-hydroxylation sites is 1. The molecule has 0 bridgehead atoms. The van der Waals surface area contributed by atoms with Crippen molar-refractivity contribution in [3.05, 3.63) is 71.4 Å². The number of nitrogens with zero attached hydrogens (tertiary/aromatic N) is 1. The van der Waals surface area contributed by atoms with Crippen molar-refractivity contribution in [1.82, 2.24) is 15.2 Å². The summed E-state index contributed by atoms with van der Waals surface area (Å²) >= 11 is 1.36. The zero-order valence-corrected chi connectivity index (χ0v) is 27.3. The molecule has 1 amide bonds. The Morgan fingerprint density at radius 3 is 2.44 bits per heavy atom. The SMILES string of the molecule is CC(CC(=O)O)SCC(=O)NCc1ccc(CN(CCO[Si](C)(C)C(C)(C)C)CCc2c[nH]c3ccccc23)cc1. The van der Waals surface area contributed by atoms with Crippen LogP contribution in [0.4, 0.5) is 0 Å². The Labute approximate surface area is 250 Å². The van der Waals surface area contributed by atoms with E-state index in [9.17, 15) is 9.59 Å². The van der Waals surface area contributed by atoms with Gasteiger partial charge < -0.3 is 19.8 Å². The van der Waals surface area contributed by atoms with Gasteiger partial charge in [-0.3, -0.25) is 14.5 Å². The molecule has 0 saturated heterocycles. The Hall–Kier alpha value is -2.59. The Balaban J connectivity index is 1.57. The highest BCUT2D eigenvalue weighted by Gasteiger charge is 2.37. The number of thioether (sulfide) groups is 1. The van der Waals surface area contributed by atoms with Gasteiger partial charge in [0.1, 0.15) is 0 Å². The molecule has 2 aromatic carbocycles. The van der Waals surface area contributed by atoms with Crippen molar-refractivity contribution in [3.63, 3.8) is 0 Å². The lowest BCUT2D eigenvalue weighted by Gasteiger charge is -2.37. The number of hydrogen-bond acceptors (Lipinski definition) is 5. The molecule has 1 aromatic heterocycles. The predicted octanol–water partition coefficient (Wildman–Crippen LogP) is 6.45. The molecule has 0 aliphatic rings. The Kier molecular flexibility index (Phi) is 12.1.